The molecule has 0 fully saturated rings. The molecule has 0 bridgehead atoms. The van der Waals surface area contributed by atoms with Crippen LogP contribution in [0, 0.1) is 0 Å². The average Bonchev–Trinajstić information content (AvgIpc) is 3.11. The Kier molecular flexibility index (Phi) is 36.2. The molecule has 0 aliphatic heterocycles. The lowest BCUT2D eigenvalue weighted by molar-refractivity contribution is -0.132. The number of hydrogen-bond donors (Lipinski definition) is 5. The summed E-state index contributed by atoms with van der Waals surface area (Å²) in [5.41, 5.74) is 0. The fourth-order valence-electron chi connectivity index (χ4n) is 5.94. The lowest BCUT2D eigenvalue weighted by atomic mass is 10.00. The maximum atomic E-state index is 12.5. The van der Waals surface area contributed by atoms with E-state index in [1.54, 1.807) is 0 Å². The molecule has 0 spiro atoms. The van der Waals surface area contributed by atoms with Gasteiger partial charge in [0.25, 0.3) is 0 Å². The van der Waals surface area contributed by atoms with E-state index in [1.165, 1.54) is 89.9 Å². The third kappa shape index (κ3) is 32.0. The van der Waals surface area contributed by atoms with Gasteiger partial charge in [-0.3, -0.25) is 4.79 Å². The Balaban J connectivity index is 3.88. The summed E-state index contributed by atoms with van der Waals surface area (Å²) in [6.45, 7) is 3.98. The van der Waals surface area contributed by atoms with Crippen molar-refractivity contribution in [2.24, 2.45) is 0 Å². The van der Waals surface area contributed by atoms with Gasteiger partial charge >= 0.3 is 0 Å². The van der Waals surface area contributed by atoms with Crippen molar-refractivity contribution in [2.75, 3.05) is 6.61 Å². The van der Waals surface area contributed by atoms with Gasteiger partial charge in [-0.2, -0.15) is 0 Å². The number of rotatable bonds is 36. The Morgan fingerprint density at radius 1 is 0.510 bits per heavy atom. The van der Waals surface area contributed by atoms with E-state index in [1.807, 2.05) is 0 Å². The lowest BCUT2D eigenvalue weighted by Crippen LogP contribution is -2.53. The van der Waals surface area contributed by atoms with E-state index in [0.29, 0.717) is 19.3 Å². The molecule has 49 heavy (non-hydrogen) atoms. The zero-order valence-corrected chi connectivity index (χ0v) is 31.9. The second kappa shape index (κ2) is 37.5. The predicted molar refractivity (Wildman–Crippen MR) is 210 cm³/mol. The van der Waals surface area contributed by atoms with E-state index >= 15 is 0 Å². The predicted octanol–water partition coefficient (Wildman–Crippen LogP) is 10.3. The average molecular weight is 690 g/mol. The molecule has 6 heteroatoms. The summed E-state index contributed by atoms with van der Waals surface area (Å²) in [5, 5.41) is 43.5. The second-order valence-electron chi connectivity index (χ2n) is 14.0. The third-order valence-corrected chi connectivity index (χ3v) is 9.27. The summed E-state index contributed by atoms with van der Waals surface area (Å²) >= 11 is 0. The first-order chi connectivity index (χ1) is 24.0. The van der Waals surface area contributed by atoms with Crippen molar-refractivity contribution in [2.45, 2.75) is 212 Å². The van der Waals surface area contributed by atoms with Crippen molar-refractivity contribution in [3.63, 3.8) is 0 Å². The third-order valence-electron chi connectivity index (χ3n) is 9.27. The molecular weight excluding hydrogens is 610 g/mol. The highest BCUT2D eigenvalue weighted by molar-refractivity contribution is 5.80. The van der Waals surface area contributed by atoms with Crippen LogP contribution in [0.25, 0.3) is 0 Å². The minimum Gasteiger partial charge on any atom is -0.394 e. The van der Waals surface area contributed by atoms with E-state index in [9.17, 15) is 25.2 Å². The second-order valence-corrected chi connectivity index (χ2v) is 14.0. The molecular formula is C43H79NO5. The summed E-state index contributed by atoms with van der Waals surface area (Å²) in [7, 11) is 0. The van der Waals surface area contributed by atoms with Gasteiger partial charge in [0.15, 0.2) is 0 Å². The number of nitrogens with one attached hydrogen (secondary N) is 1. The van der Waals surface area contributed by atoms with Gasteiger partial charge in [0, 0.05) is 0 Å². The van der Waals surface area contributed by atoms with Crippen LogP contribution in [-0.2, 0) is 4.79 Å². The Hall–Kier alpha value is -1.73. The molecule has 0 aliphatic rings. The van der Waals surface area contributed by atoms with E-state index in [-0.39, 0.29) is 0 Å². The van der Waals surface area contributed by atoms with Crippen LogP contribution in [0.15, 0.2) is 48.6 Å². The zero-order valence-electron chi connectivity index (χ0n) is 31.9. The largest absolute Gasteiger partial charge is 0.394 e. The number of aliphatic hydroxyl groups excluding tert-OH is 4. The number of unbranched alkanes of at least 4 members (excludes halogenated alkanes) is 20. The summed E-state index contributed by atoms with van der Waals surface area (Å²) in [6, 6.07) is -1.01. The molecule has 0 saturated heterocycles. The van der Waals surface area contributed by atoms with E-state index in [4.69, 9.17) is 0 Å². The number of aliphatic hydroxyl groups is 4. The van der Waals surface area contributed by atoms with Crippen LogP contribution in [0.3, 0.4) is 0 Å². The molecule has 0 aromatic heterocycles. The molecule has 0 aromatic carbocycles. The van der Waals surface area contributed by atoms with Gasteiger partial charge in [-0.15, -0.1) is 0 Å². The minimum atomic E-state index is -1.29. The number of carbonyl (C=O) groups excluding carboxylic acids is 1. The number of carbonyl (C=O) groups is 1. The molecule has 4 unspecified atom stereocenters. The fourth-order valence-corrected chi connectivity index (χ4v) is 5.94. The van der Waals surface area contributed by atoms with E-state index in [2.05, 4.69) is 67.8 Å². The molecule has 6 nitrogen and oxygen atoms in total. The molecule has 4 atom stereocenters. The fraction of sp³-hybridized carbons (Fsp3) is 0.791. The summed E-state index contributed by atoms with van der Waals surface area (Å²) in [4.78, 5) is 12.5. The Morgan fingerprint density at radius 3 is 1.45 bits per heavy atom. The quantitative estimate of drug-likeness (QED) is 0.0255. The molecule has 0 heterocycles. The van der Waals surface area contributed by atoms with Crippen LogP contribution in [0.4, 0.5) is 0 Å². The summed E-state index contributed by atoms with van der Waals surface area (Å²) in [6.07, 6.45) is 44.2. The Labute approximate surface area is 302 Å². The normalized spacial score (nSPS) is 14.8. The standard InChI is InChI=1S/C43H79NO5/c1-3-5-7-9-11-13-15-17-19-20-21-22-23-25-26-28-30-32-34-36-40(46)42(48)39(38-45)44-43(49)41(47)37-35-33-31-29-27-24-18-16-14-12-10-8-6-4-2/h12,14,16,18,22-23,28,30,39-42,45-48H,3-11,13,15,17,19-21,24-27,29,31-38H2,1-2H3,(H,44,49)/b14-12-,18-16-,23-22+,30-28+. The van der Waals surface area contributed by atoms with Crippen LogP contribution >= 0.6 is 0 Å². The van der Waals surface area contributed by atoms with Crippen LogP contribution in [0.2, 0.25) is 0 Å². The smallest absolute Gasteiger partial charge is 0.249 e. The SMILES string of the molecule is CCCCC/C=C\C=C/CCCCCCCC(O)C(=O)NC(CO)C(O)C(O)CCC/C=C/CC/C=C/CCCCCCCCCCCC. The van der Waals surface area contributed by atoms with Crippen LogP contribution in [-0.4, -0.2) is 57.3 Å². The molecule has 0 aromatic rings. The Bertz CT molecular complexity index is 823. The first-order valence-corrected chi connectivity index (χ1v) is 20.5. The Morgan fingerprint density at radius 2 is 0.918 bits per heavy atom. The number of hydrogen-bond acceptors (Lipinski definition) is 5. The van der Waals surface area contributed by atoms with Crippen molar-refractivity contribution in [3.05, 3.63) is 48.6 Å². The minimum absolute atomic E-state index is 0.340. The molecule has 0 aliphatic carbocycles. The van der Waals surface area contributed by atoms with Crippen molar-refractivity contribution in [1.29, 1.82) is 0 Å². The van der Waals surface area contributed by atoms with Gasteiger partial charge in [0.05, 0.1) is 18.8 Å². The molecule has 0 saturated carbocycles. The highest BCUT2D eigenvalue weighted by atomic mass is 16.3. The van der Waals surface area contributed by atoms with E-state index < -0.39 is 36.9 Å². The van der Waals surface area contributed by atoms with Gasteiger partial charge in [-0.1, -0.05) is 159 Å². The molecule has 0 rings (SSSR count). The maximum absolute atomic E-state index is 12.5. The monoisotopic (exact) mass is 690 g/mol. The number of amides is 1. The van der Waals surface area contributed by atoms with Crippen molar-refractivity contribution < 1.29 is 25.2 Å². The van der Waals surface area contributed by atoms with Crippen molar-refractivity contribution >= 4 is 5.91 Å². The van der Waals surface area contributed by atoms with Gasteiger partial charge in [0.2, 0.25) is 5.91 Å². The zero-order chi connectivity index (χ0) is 36.0. The maximum Gasteiger partial charge on any atom is 0.249 e. The lowest BCUT2D eigenvalue weighted by Gasteiger charge is -2.27. The first-order valence-electron chi connectivity index (χ1n) is 20.5. The van der Waals surface area contributed by atoms with Crippen molar-refractivity contribution in [3.8, 4) is 0 Å². The molecule has 1 amide bonds. The van der Waals surface area contributed by atoms with Gasteiger partial charge < -0.3 is 25.7 Å². The topological polar surface area (TPSA) is 110 Å². The highest BCUT2D eigenvalue weighted by Crippen LogP contribution is 2.14. The molecule has 0 radical (unpaired) electrons. The highest BCUT2D eigenvalue weighted by Gasteiger charge is 2.28. The molecule has 5 N–H and O–H groups in total. The number of allylic oxidation sites excluding steroid dienone is 8. The van der Waals surface area contributed by atoms with Gasteiger partial charge in [-0.05, 0) is 77.0 Å². The van der Waals surface area contributed by atoms with Crippen LogP contribution < -0.4 is 5.32 Å². The summed E-state index contributed by atoms with van der Waals surface area (Å²) in [5.74, 6) is -0.612. The molecule has 286 valence electrons. The summed E-state index contributed by atoms with van der Waals surface area (Å²) < 4.78 is 0. The van der Waals surface area contributed by atoms with Crippen LogP contribution in [0.5, 0.6) is 0 Å². The van der Waals surface area contributed by atoms with E-state index in [0.717, 1.165) is 64.2 Å². The van der Waals surface area contributed by atoms with Gasteiger partial charge in [-0.25, -0.2) is 0 Å². The van der Waals surface area contributed by atoms with Crippen LogP contribution in [0.1, 0.15) is 187 Å². The van der Waals surface area contributed by atoms with Crippen molar-refractivity contribution in [1.82, 2.24) is 5.32 Å². The van der Waals surface area contributed by atoms with Gasteiger partial charge in [0.1, 0.15) is 12.2 Å². The first kappa shape index (κ1) is 47.3.